The van der Waals surface area contributed by atoms with E-state index in [-0.39, 0.29) is 0 Å². The average molecular weight is 392 g/mol. The highest BCUT2D eigenvalue weighted by atomic mass is 32.1. The summed E-state index contributed by atoms with van der Waals surface area (Å²) in [6.45, 7) is 5.94. The molecule has 1 aliphatic heterocycles. The van der Waals surface area contributed by atoms with Crippen molar-refractivity contribution in [2.75, 3.05) is 13.1 Å². The molecule has 0 amide bonds. The molecule has 1 N–H and O–H groups in total. The van der Waals surface area contributed by atoms with Crippen LogP contribution in [0.5, 0.6) is 0 Å². The molecule has 28 heavy (non-hydrogen) atoms. The van der Waals surface area contributed by atoms with Crippen molar-refractivity contribution < 1.29 is 4.90 Å². The standard InChI is InChI=1S/C23H26N4S/c1-2-26-22(17-19-9-5-3-6-10-19)24-27(23(26)28)18-25-15-13-21(14-16-25)20-11-7-4-8-12-20/h3-13H,2,14-18H2,1H3/p+1. The van der Waals surface area contributed by atoms with Crippen molar-refractivity contribution in [3.8, 4) is 0 Å². The number of nitrogens with one attached hydrogen (secondary N) is 1. The first-order valence-electron chi connectivity index (χ1n) is 10.0. The minimum absolute atomic E-state index is 0.818. The van der Waals surface area contributed by atoms with Crippen molar-refractivity contribution in [3.63, 3.8) is 0 Å². The van der Waals surface area contributed by atoms with Crippen LogP contribution in [0.4, 0.5) is 0 Å². The quantitative estimate of drug-likeness (QED) is 0.653. The van der Waals surface area contributed by atoms with E-state index in [1.807, 2.05) is 10.7 Å². The van der Waals surface area contributed by atoms with Crippen LogP contribution < -0.4 is 4.90 Å². The molecule has 0 spiro atoms. The highest BCUT2D eigenvalue weighted by Gasteiger charge is 2.18. The van der Waals surface area contributed by atoms with E-state index in [2.05, 4.69) is 72.2 Å². The van der Waals surface area contributed by atoms with Crippen LogP contribution in [0.3, 0.4) is 0 Å². The smallest absolute Gasteiger partial charge is 0.202 e. The van der Waals surface area contributed by atoms with Crippen LogP contribution in [0, 0.1) is 4.77 Å². The lowest BCUT2D eigenvalue weighted by Crippen LogP contribution is -3.11. The number of rotatable bonds is 6. The second-order valence-corrected chi connectivity index (χ2v) is 7.68. The SMILES string of the molecule is CCn1c(Cc2ccccc2)nn(C[NH+]2CC=C(c3ccccc3)CC2)c1=S. The molecule has 0 fully saturated rings. The molecule has 0 saturated heterocycles. The fraction of sp³-hybridized carbons (Fsp3) is 0.304. The molecular weight excluding hydrogens is 364 g/mol. The summed E-state index contributed by atoms with van der Waals surface area (Å²) < 4.78 is 5.02. The molecular formula is C23H27N4S+. The van der Waals surface area contributed by atoms with Gasteiger partial charge in [-0.1, -0.05) is 60.7 Å². The van der Waals surface area contributed by atoms with E-state index in [0.717, 1.165) is 49.7 Å². The minimum Gasteiger partial charge on any atom is -0.313 e. The van der Waals surface area contributed by atoms with Crippen LogP contribution in [-0.4, -0.2) is 27.4 Å². The van der Waals surface area contributed by atoms with Crippen molar-refractivity contribution in [3.05, 3.63) is 88.5 Å². The van der Waals surface area contributed by atoms with Crippen molar-refractivity contribution in [2.45, 2.75) is 33.0 Å². The summed E-state index contributed by atoms with van der Waals surface area (Å²) in [6, 6.07) is 21.2. The van der Waals surface area contributed by atoms with Crippen LogP contribution in [-0.2, 0) is 19.6 Å². The number of quaternary nitrogens is 1. The Kier molecular flexibility index (Phi) is 5.84. The monoisotopic (exact) mass is 391 g/mol. The topological polar surface area (TPSA) is 27.2 Å². The Balaban J connectivity index is 1.48. The van der Waals surface area contributed by atoms with E-state index in [0.29, 0.717) is 0 Å². The van der Waals surface area contributed by atoms with Gasteiger partial charge in [-0.15, -0.1) is 0 Å². The molecule has 3 aromatic rings. The zero-order valence-electron chi connectivity index (χ0n) is 16.3. The fourth-order valence-electron chi connectivity index (χ4n) is 3.87. The van der Waals surface area contributed by atoms with E-state index in [4.69, 9.17) is 17.3 Å². The normalized spacial score (nSPS) is 16.8. The Morgan fingerprint density at radius 1 is 1.04 bits per heavy atom. The van der Waals surface area contributed by atoms with Gasteiger partial charge in [-0.3, -0.25) is 0 Å². The van der Waals surface area contributed by atoms with Crippen LogP contribution in [0.2, 0.25) is 0 Å². The molecule has 0 radical (unpaired) electrons. The van der Waals surface area contributed by atoms with Crippen LogP contribution >= 0.6 is 12.2 Å². The molecule has 4 rings (SSSR count). The number of aromatic nitrogens is 3. The summed E-state index contributed by atoms with van der Waals surface area (Å²) >= 11 is 5.73. The molecule has 2 heterocycles. The molecule has 0 saturated carbocycles. The molecule has 144 valence electrons. The van der Waals surface area contributed by atoms with Gasteiger partial charge in [-0.2, -0.15) is 9.78 Å². The van der Waals surface area contributed by atoms with Gasteiger partial charge in [0.1, 0.15) is 5.82 Å². The van der Waals surface area contributed by atoms with Gasteiger partial charge in [-0.25, -0.2) is 0 Å². The molecule has 4 nitrogen and oxygen atoms in total. The first-order chi connectivity index (χ1) is 13.7. The summed E-state index contributed by atoms with van der Waals surface area (Å²) in [5, 5.41) is 4.88. The molecule has 1 aromatic heterocycles. The molecule has 5 heteroatoms. The number of benzene rings is 2. The lowest BCUT2D eigenvalue weighted by atomic mass is 10.00. The Labute approximate surface area is 171 Å². The summed E-state index contributed by atoms with van der Waals surface area (Å²) in [4.78, 5) is 1.50. The first kappa shape index (κ1) is 18.8. The summed E-state index contributed by atoms with van der Waals surface area (Å²) in [7, 11) is 0. The predicted molar refractivity (Wildman–Crippen MR) is 116 cm³/mol. The molecule has 0 bridgehead atoms. The molecule has 0 aliphatic carbocycles. The van der Waals surface area contributed by atoms with E-state index >= 15 is 0 Å². The maximum Gasteiger partial charge on any atom is 0.202 e. The Morgan fingerprint density at radius 3 is 2.39 bits per heavy atom. The van der Waals surface area contributed by atoms with Gasteiger partial charge in [0.15, 0.2) is 6.67 Å². The lowest BCUT2D eigenvalue weighted by molar-refractivity contribution is -0.918. The average Bonchev–Trinajstić information content (AvgIpc) is 3.04. The third kappa shape index (κ3) is 4.16. The molecule has 2 aromatic carbocycles. The lowest BCUT2D eigenvalue weighted by Gasteiger charge is -2.23. The number of hydrogen-bond acceptors (Lipinski definition) is 2. The van der Waals surface area contributed by atoms with E-state index in [1.54, 1.807) is 0 Å². The predicted octanol–water partition coefficient (Wildman–Crippen LogP) is 3.35. The van der Waals surface area contributed by atoms with Gasteiger partial charge in [-0.05, 0) is 41.9 Å². The highest BCUT2D eigenvalue weighted by molar-refractivity contribution is 7.71. The fourth-order valence-corrected chi connectivity index (χ4v) is 4.21. The van der Waals surface area contributed by atoms with Crippen molar-refractivity contribution in [1.82, 2.24) is 14.3 Å². The van der Waals surface area contributed by atoms with Gasteiger partial charge in [0, 0.05) is 19.4 Å². The third-order valence-electron chi connectivity index (χ3n) is 5.42. The van der Waals surface area contributed by atoms with Crippen LogP contribution in [0.1, 0.15) is 30.3 Å². The van der Waals surface area contributed by atoms with Gasteiger partial charge >= 0.3 is 0 Å². The molecule has 1 atom stereocenters. The third-order valence-corrected chi connectivity index (χ3v) is 5.85. The maximum atomic E-state index is 5.73. The summed E-state index contributed by atoms with van der Waals surface area (Å²) in [5.74, 6) is 1.05. The Hall–Kier alpha value is -2.50. The minimum atomic E-state index is 0.818. The van der Waals surface area contributed by atoms with E-state index in [9.17, 15) is 0 Å². The zero-order chi connectivity index (χ0) is 19.3. The number of nitrogens with zero attached hydrogens (tertiary/aromatic N) is 3. The van der Waals surface area contributed by atoms with Crippen LogP contribution in [0.15, 0.2) is 66.7 Å². The summed E-state index contributed by atoms with van der Waals surface area (Å²) in [6.07, 6.45) is 4.29. The van der Waals surface area contributed by atoms with Crippen molar-refractivity contribution >= 4 is 17.8 Å². The second kappa shape index (κ2) is 8.67. The van der Waals surface area contributed by atoms with Crippen molar-refractivity contribution in [1.29, 1.82) is 0 Å². The van der Waals surface area contributed by atoms with Crippen LogP contribution in [0.25, 0.3) is 5.57 Å². The molecule has 1 aliphatic rings. The van der Waals surface area contributed by atoms with Crippen molar-refractivity contribution in [2.24, 2.45) is 0 Å². The zero-order valence-corrected chi connectivity index (χ0v) is 17.2. The largest absolute Gasteiger partial charge is 0.313 e. The number of hydrogen-bond donors (Lipinski definition) is 1. The highest BCUT2D eigenvalue weighted by Crippen LogP contribution is 2.17. The van der Waals surface area contributed by atoms with E-state index < -0.39 is 0 Å². The Bertz CT molecular complexity index is 1000. The van der Waals surface area contributed by atoms with E-state index in [1.165, 1.54) is 21.6 Å². The second-order valence-electron chi connectivity index (χ2n) is 7.31. The summed E-state index contributed by atoms with van der Waals surface area (Å²) in [5.41, 5.74) is 4.07. The van der Waals surface area contributed by atoms with Gasteiger partial charge in [0.25, 0.3) is 0 Å². The van der Waals surface area contributed by atoms with Gasteiger partial charge in [0.2, 0.25) is 4.77 Å². The first-order valence-corrected chi connectivity index (χ1v) is 10.4. The van der Waals surface area contributed by atoms with Gasteiger partial charge in [0.05, 0.1) is 13.1 Å². The Morgan fingerprint density at radius 2 is 1.75 bits per heavy atom. The van der Waals surface area contributed by atoms with Gasteiger partial charge < -0.3 is 9.47 Å². The molecule has 1 unspecified atom stereocenters. The maximum absolute atomic E-state index is 5.73.